The van der Waals surface area contributed by atoms with Gasteiger partial charge < -0.3 is 20.7 Å². The first kappa shape index (κ1) is 25.0. The van der Waals surface area contributed by atoms with Crippen LogP contribution in [0.1, 0.15) is 23.1 Å². The van der Waals surface area contributed by atoms with Crippen molar-refractivity contribution in [1.29, 1.82) is 5.41 Å². The molecule has 0 saturated carbocycles. The Hall–Kier alpha value is -3.61. The molecule has 2 aromatic rings. The Balaban J connectivity index is 1.78. The Morgan fingerprint density at radius 2 is 1.62 bits per heavy atom. The summed E-state index contributed by atoms with van der Waals surface area (Å²) in [6, 6.07) is 6.76. The number of halogens is 6. The Morgan fingerprint density at radius 1 is 1.06 bits per heavy atom. The Morgan fingerprint density at radius 3 is 2.12 bits per heavy atom. The van der Waals surface area contributed by atoms with Crippen molar-refractivity contribution < 1.29 is 40.7 Å². The number of nitrogens with zero attached hydrogens (tertiary/aromatic N) is 1. The molecule has 34 heavy (non-hydrogen) atoms. The van der Waals surface area contributed by atoms with Gasteiger partial charge >= 0.3 is 12.4 Å². The molecule has 1 aliphatic heterocycles. The zero-order chi connectivity index (χ0) is 25.3. The molecule has 13 heteroatoms. The average molecular weight is 488 g/mol. The van der Waals surface area contributed by atoms with Crippen molar-refractivity contribution in [1.82, 2.24) is 0 Å². The lowest BCUT2D eigenvalue weighted by Crippen LogP contribution is -2.49. The number of rotatable bonds is 5. The van der Waals surface area contributed by atoms with Crippen LogP contribution < -0.4 is 16.0 Å². The number of alkyl halides is 6. The maximum absolute atomic E-state index is 13.2. The molecule has 0 aromatic heterocycles. The van der Waals surface area contributed by atoms with Crippen LogP contribution in [-0.2, 0) is 26.7 Å². The Labute approximate surface area is 189 Å². The average Bonchev–Trinajstić information content (AvgIpc) is 2.74. The molecule has 1 heterocycles. The van der Waals surface area contributed by atoms with E-state index in [1.807, 2.05) is 0 Å². The number of amides is 2. The van der Waals surface area contributed by atoms with Crippen LogP contribution in [0.3, 0.4) is 0 Å². The van der Waals surface area contributed by atoms with Gasteiger partial charge in [0.25, 0.3) is 5.91 Å². The number of hydrogen-bond acceptors (Lipinski definition) is 4. The fourth-order valence-corrected chi connectivity index (χ4v) is 3.25. The number of benzene rings is 2. The van der Waals surface area contributed by atoms with E-state index >= 15 is 0 Å². The summed E-state index contributed by atoms with van der Waals surface area (Å²) < 4.78 is 84.2. The van der Waals surface area contributed by atoms with Crippen LogP contribution in [0.4, 0.5) is 37.7 Å². The highest BCUT2D eigenvalue weighted by Gasteiger charge is 2.39. The number of nitrogen functional groups attached to an aromatic ring is 1. The van der Waals surface area contributed by atoms with Gasteiger partial charge in [0, 0.05) is 23.5 Å². The van der Waals surface area contributed by atoms with Crippen molar-refractivity contribution in [3.8, 4) is 0 Å². The third-order valence-electron chi connectivity index (χ3n) is 4.91. The summed E-state index contributed by atoms with van der Waals surface area (Å²) in [5.41, 5.74) is 2.37. The molecule has 1 atom stereocenters. The van der Waals surface area contributed by atoms with E-state index in [-0.39, 0.29) is 25.1 Å². The number of carbonyl (C=O) groups excluding carboxylic acids is 2. The van der Waals surface area contributed by atoms with Crippen molar-refractivity contribution in [2.45, 2.75) is 24.9 Å². The maximum atomic E-state index is 13.2. The molecule has 0 radical (unpaired) electrons. The molecule has 0 bridgehead atoms. The van der Waals surface area contributed by atoms with E-state index in [0.29, 0.717) is 23.4 Å². The van der Waals surface area contributed by atoms with Gasteiger partial charge in [0.2, 0.25) is 5.91 Å². The number of morpholine rings is 1. The van der Waals surface area contributed by atoms with E-state index < -0.39 is 53.5 Å². The number of nitrogens with one attached hydrogen (secondary N) is 2. The van der Waals surface area contributed by atoms with Gasteiger partial charge in [-0.25, -0.2) is 0 Å². The van der Waals surface area contributed by atoms with Crippen molar-refractivity contribution in [3.63, 3.8) is 0 Å². The molecule has 1 fully saturated rings. The second kappa shape index (κ2) is 9.33. The van der Waals surface area contributed by atoms with Crippen LogP contribution >= 0.6 is 0 Å². The van der Waals surface area contributed by atoms with E-state index in [0.717, 1.165) is 4.90 Å². The summed E-state index contributed by atoms with van der Waals surface area (Å²) in [6.07, 6.45) is -12.1. The van der Waals surface area contributed by atoms with E-state index in [9.17, 15) is 35.9 Å². The van der Waals surface area contributed by atoms with Gasteiger partial charge in [-0.1, -0.05) is 0 Å². The highest BCUT2D eigenvalue weighted by atomic mass is 19.4. The van der Waals surface area contributed by atoms with Crippen LogP contribution in [0.2, 0.25) is 0 Å². The lowest BCUT2D eigenvalue weighted by atomic mass is 10.1. The highest BCUT2D eigenvalue weighted by Crippen LogP contribution is 2.38. The van der Waals surface area contributed by atoms with Crippen LogP contribution in [0.15, 0.2) is 42.5 Å². The predicted molar refractivity (Wildman–Crippen MR) is 109 cm³/mol. The van der Waals surface area contributed by atoms with Gasteiger partial charge in [-0.3, -0.25) is 15.0 Å². The minimum atomic E-state index is -5.07. The zero-order valence-electron chi connectivity index (χ0n) is 17.3. The van der Waals surface area contributed by atoms with Crippen LogP contribution in [0.25, 0.3) is 0 Å². The van der Waals surface area contributed by atoms with E-state index in [1.54, 1.807) is 0 Å². The van der Waals surface area contributed by atoms with Crippen LogP contribution in [0, 0.1) is 5.41 Å². The minimum absolute atomic E-state index is 0.0310. The smallest absolute Gasteiger partial charge is 0.384 e. The molecular weight excluding hydrogens is 470 g/mol. The molecule has 4 N–H and O–H groups in total. The van der Waals surface area contributed by atoms with Crippen molar-refractivity contribution >= 4 is 29.0 Å². The molecule has 3 rings (SSSR count). The number of carbonyl (C=O) groups is 2. The number of nitrogens with two attached hydrogens (primary N) is 1. The van der Waals surface area contributed by atoms with Gasteiger partial charge in [-0.05, 0) is 42.5 Å². The third-order valence-corrected chi connectivity index (χ3v) is 4.91. The largest absolute Gasteiger partial charge is 0.416 e. The van der Waals surface area contributed by atoms with Gasteiger partial charge in [-0.15, -0.1) is 0 Å². The van der Waals surface area contributed by atoms with Crippen LogP contribution in [0.5, 0.6) is 0 Å². The lowest BCUT2D eigenvalue weighted by molar-refractivity contribution is -0.143. The molecular formula is C21H18F6N4O3. The number of ether oxygens (including phenoxy) is 1. The predicted octanol–water partition coefficient (Wildman–Crippen LogP) is 3.77. The summed E-state index contributed by atoms with van der Waals surface area (Å²) >= 11 is 0. The van der Waals surface area contributed by atoms with E-state index in [1.165, 1.54) is 24.3 Å². The molecule has 182 valence electrons. The van der Waals surface area contributed by atoms with E-state index in [4.69, 9.17) is 15.9 Å². The number of anilines is 2. The summed E-state index contributed by atoms with van der Waals surface area (Å²) in [5, 5.41) is 9.82. The molecule has 7 nitrogen and oxygen atoms in total. The summed E-state index contributed by atoms with van der Waals surface area (Å²) in [7, 11) is 0. The molecule has 2 amide bonds. The van der Waals surface area contributed by atoms with Gasteiger partial charge in [0.15, 0.2) is 0 Å². The molecule has 0 aliphatic carbocycles. The third kappa shape index (κ3) is 5.84. The zero-order valence-corrected chi connectivity index (χ0v) is 17.3. The summed E-state index contributed by atoms with van der Waals surface area (Å²) in [4.78, 5) is 25.9. The SMILES string of the molecule is N=C(N)c1ccc(NC(=O)C[C@H]2OCCN(c3cc(C(F)(F)F)cc(C(F)(F)F)c3)C2=O)cc1. The fourth-order valence-electron chi connectivity index (χ4n) is 3.25. The quantitative estimate of drug-likeness (QED) is 0.338. The first-order valence-electron chi connectivity index (χ1n) is 9.72. The topological polar surface area (TPSA) is 109 Å². The Bertz CT molecular complexity index is 1070. The van der Waals surface area contributed by atoms with E-state index in [2.05, 4.69) is 5.32 Å². The summed E-state index contributed by atoms with van der Waals surface area (Å²) in [6.45, 7) is -0.489. The van der Waals surface area contributed by atoms with Gasteiger partial charge in [0.1, 0.15) is 11.9 Å². The second-order valence-electron chi connectivity index (χ2n) is 7.36. The molecule has 0 unspecified atom stereocenters. The van der Waals surface area contributed by atoms with Crippen molar-refractivity contribution in [2.24, 2.45) is 5.73 Å². The first-order valence-corrected chi connectivity index (χ1v) is 9.72. The Kier molecular flexibility index (Phi) is 6.87. The van der Waals surface area contributed by atoms with Crippen molar-refractivity contribution in [2.75, 3.05) is 23.4 Å². The first-order chi connectivity index (χ1) is 15.8. The normalized spacial score (nSPS) is 16.9. The second-order valence-corrected chi connectivity index (χ2v) is 7.36. The molecule has 2 aromatic carbocycles. The minimum Gasteiger partial charge on any atom is -0.384 e. The van der Waals surface area contributed by atoms with Crippen molar-refractivity contribution in [3.05, 3.63) is 59.2 Å². The highest BCUT2D eigenvalue weighted by molar-refractivity contribution is 6.02. The van der Waals surface area contributed by atoms with Crippen LogP contribution in [-0.4, -0.2) is 36.9 Å². The monoisotopic (exact) mass is 488 g/mol. The fraction of sp³-hybridized carbons (Fsp3) is 0.286. The number of amidine groups is 1. The van der Waals surface area contributed by atoms with Gasteiger partial charge in [0.05, 0.1) is 24.2 Å². The van der Waals surface area contributed by atoms with Gasteiger partial charge in [-0.2, -0.15) is 26.3 Å². The standard InChI is InChI=1S/C21H18F6N4O3/c22-20(23,24)12-7-13(21(25,26)27)9-15(8-12)31-5-6-34-16(19(31)33)10-17(32)30-14-3-1-11(2-4-14)18(28)29/h1-4,7-9,16H,5-6,10H2,(H3,28,29)(H,30,32)/t16-/m1/s1. The summed E-state index contributed by atoms with van der Waals surface area (Å²) in [5.74, 6) is -1.79. The number of hydrogen-bond donors (Lipinski definition) is 3. The molecule has 1 aliphatic rings. The molecule has 1 saturated heterocycles. The maximum Gasteiger partial charge on any atom is 0.416 e. The lowest BCUT2D eigenvalue weighted by Gasteiger charge is -2.33. The molecule has 0 spiro atoms.